The first-order chi connectivity index (χ1) is 10.6. The predicted octanol–water partition coefficient (Wildman–Crippen LogP) is 1.82. The summed E-state index contributed by atoms with van der Waals surface area (Å²) in [4.78, 5) is 15.5. The zero-order valence-corrected chi connectivity index (χ0v) is 13.7. The standard InChI is InChI=1S/C13H22N3O5P/c1-3-18-22(19-4-2)20-9-10-5-6-12(21-10)16-8-7-11(14)15-13(16)17/h7-8,10,12H,3-6,9H2,1-2H3,(H2,14,15,17). The van der Waals surface area contributed by atoms with Crippen molar-refractivity contribution in [3.05, 3.63) is 22.7 Å². The molecule has 0 bridgehead atoms. The molecule has 8 nitrogen and oxygen atoms in total. The van der Waals surface area contributed by atoms with E-state index in [-0.39, 0.29) is 18.1 Å². The summed E-state index contributed by atoms with van der Waals surface area (Å²) in [5.41, 5.74) is 5.08. The Morgan fingerprint density at radius 3 is 2.73 bits per heavy atom. The van der Waals surface area contributed by atoms with Gasteiger partial charge in [0.15, 0.2) is 0 Å². The van der Waals surface area contributed by atoms with Gasteiger partial charge in [0, 0.05) is 6.20 Å². The molecule has 9 heteroatoms. The number of anilines is 1. The molecule has 2 N–H and O–H groups in total. The largest absolute Gasteiger partial charge is 0.383 e. The Bertz CT molecular complexity index is 521. The smallest absolute Gasteiger partial charge is 0.351 e. The van der Waals surface area contributed by atoms with Gasteiger partial charge in [-0.05, 0) is 32.8 Å². The average molecular weight is 331 g/mol. The summed E-state index contributed by atoms with van der Waals surface area (Å²) < 4.78 is 23.6. The fraction of sp³-hybridized carbons (Fsp3) is 0.692. The summed E-state index contributed by atoms with van der Waals surface area (Å²) in [6, 6.07) is 1.58. The molecule has 2 atom stereocenters. The molecule has 0 saturated carbocycles. The van der Waals surface area contributed by atoms with Crippen molar-refractivity contribution in [2.45, 2.75) is 39.0 Å². The van der Waals surface area contributed by atoms with Crippen molar-refractivity contribution < 1.29 is 18.3 Å². The summed E-state index contributed by atoms with van der Waals surface area (Å²) in [6.07, 6.45) is 2.69. The fourth-order valence-corrected chi connectivity index (χ4v) is 3.06. The van der Waals surface area contributed by atoms with E-state index in [4.69, 9.17) is 24.0 Å². The van der Waals surface area contributed by atoms with Gasteiger partial charge >= 0.3 is 14.3 Å². The second kappa shape index (κ2) is 8.55. The van der Waals surface area contributed by atoms with Crippen LogP contribution in [0.25, 0.3) is 0 Å². The van der Waals surface area contributed by atoms with E-state index in [0.717, 1.165) is 12.8 Å². The third-order valence-corrected chi connectivity index (χ3v) is 4.38. The molecule has 1 aromatic rings. The highest BCUT2D eigenvalue weighted by molar-refractivity contribution is 7.41. The summed E-state index contributed by atoms with van der Waals surface area (Å²) in [5.74, 6) is 0.207. The molecule has 0 aromatic carbocycles. The van der Waals surface area contributed by atoms with Gasteiger partial charge in [0.2, 0.25) is 0 Å². The minimum absolute atomic E-state index is 0.0969. The first-order valence-electron chi connectivity index (χ1n) is 7.33. The van der Waals surface area contributed by atoms with Crippen LogP contribution in [0.1, 0.15) is 32.9 Å². The Labute approximate surface area is 130 Å². The Balaban J connectivity index is 1.86. The summed E-state index contributed by atoms with van der Waals surface area (Å²) in [6.45, 7) is 5.22. The van der Waals surface area contributed by atoms with Gasteiger partial charge in [0.05, 0.1) is 25.9 Å². The zero-order chi connectivity index (χ0) is 15.9. The van der Waals surface area contributed by atoms with E-state index in [1.807, 2.05) is 13.8 Å². The van der Waals surface area contributed by atoms with Gasteiger partial charge in [0.25, 0.3) is 0 Å². The van der Waals surface area contributed by atoms with Crippen LogP contribution in [0, 0.1) is 0 Å². The minimum Gasteiger partial charge on any atom is -0.383 e. The van der Waals surface area contributed by atoms with Crippen LogP contribution in [0.15, 0.2) is 17.1 Å². The monoisotopic (exact) mass is 331 g/mol. The highest BCUT2D eigenvalue weighted by Crippen LogP contribution is 2.40. The van der Waals surface area contributed by atoms with Crippen molar-refractivity contribution in [3.63, 3.8) is 0 Å². The first-order valence-corrected chi connectivity index (χ1v) is 8.42. The number of aromatic nitrogens is 2. The zero-order valence-electron chi connectivity index (χ0n) is 12.8. The fourth-order valence-electron chi connectivity index (χ4n) is 2.13. The number of hydrogen-bond acceptors (Lipinski definition) is 7. The lowest BCUT2D eigenvalue weighted by atomic mass is 10.2. The molecule has 0 aliphatic carbocycles. The van der Waals surface area contributed by atoms with Crippen molar-refractivity contribution in [1.82, 2.24) is 9.55 Å². The van der Waals surface area contributed by atoms with Crippen LogP contribution in [0.2, 0.25) is 0 Å². The van der Waals surface area contributed by atoms with Gasteiger partial charge in [-0.15, -0.1) is 0 Å². The first kappa shape index (κ1) is 17.3. The number of nitrogens with zero attached hydrogens (tertiary/aromatic N) is 2. The van der Waals surface area contributed by atoms with Gasteiger partial charge in [-0.1, -0.05) is 0 Å². The summed E-state index contributed by atoms with van der Waals surface area (Å²) >= 11 is 0. The molecule has 124 valence electrons. The molecule has 2 rings (SSSR count). The minimum atomic E-state index is -1.33. The second-order valence-electron chi connectivity index (χ2n) is 4.69. The number of nitrogen functional groups attached to an aromatic ring is 1. The van der Waals surface area contributed by atoms with E-state index in [1.54, 1.807) is 12.3 Å². The lowest BCUT2D eigenvalue weighted by Gasteiger charge is -2.18. The van der Waals surface area contributed by atoms with E-state index in [9.17, 15) is 4.79 Å². The van der Waals surface area contributed by atoms with Gasteiger partial charge in [-0.2, -0.15) is 4.98 Å². The molecule has 2 unspecified atom stereocenters. The van der Waals surface area contributed by atoms with Crippen molar-refractivity contribution in [1.29, 1.82) is 0 Å². The van der Waals surface area contributed by atoms with Crippen LogP contribution in [0.3, 0.4) is 0 Å². The van der Waals surface area contributed by atoms with Crippen LogP contribution >= 0.6 is 8.60 Å². The Morgan fingerprint density at radius 1 is 1.36 bits per heavy atom. The lowest BCUT2D eigenvalue weighted by molar-refractivity contribution is -0.0235. The molecule has 1 saturated heterocycles. The normalized spacial score (nSPS) is 21.6. The van der Waals surface area contributed by atoms with Crippen molar-refractivity contribution in [2.75, 3.05) is 25.6 Å². The average Bonchev–Trinajstić information content (AvgIpc) is 2.94. The molecule has 22 heavy (non-hydrogen) atoms. The molecule has 1 aromatic heterocycles. The Hall–Kier alpha value is -1.05. The van der Waals surface area contributed by atoms with E-state index >= 15 is 0 Å². The van der Waals surface area contributed by atoms with Crippen LogP contribution in [-0.2, 0) is 18.3 Å². The van der Waals surface area contributed by atoms with E-state index < -0.39 is 14.3 Å². The van der Waals surface area contributed by atoms with E-state index in [0.29, 0.717) is 19.8 Å². The third-order valence-electron chi connectivity index (χ3n) is 3.08. The third kappa shape index (κ3) is 4.72. The van der Waals surface area contributed by atoms with Crippen LogP contribution in [0.5, 0.6) is 0 Å². The maximum atomic E-state index is 11.8. The topological polar surface area (TPSA) is 97.8 Å². The quantitative estimate of drug-likeness (QED) is 0.726. The number of hydrogen-bond donors (Lipinski definition) is 1. The van der Waals surface area contributed by atoms with Crippen LogP contribution in [-0.4, -0.2) is 35.5 Å². The van der Waals surface area contributed by atoms with E-state index in [2.05, 4.69) is 4.98 Å². The highest BCUT2D eigenvalue weighted by Gasteiger charge is 2.28. The highest BCUT2D eigenvalue weighted by atomic mass is 31.2. The van der Waals surface area contributed by atoms with E-state index in [1.165, 1.54) is 4.57 Å². The summed E-state index contributed by atoms with van der Waals surface area (Å²) in [5, 5.41) is 0. The molecule has 0 radical (unpaired) electrons. The lowest BCUT2D eigenvalue weighted by Crippen LogP contribution is -2.27. The SMILES string of the molecule is CCOP(OCC)OCC1CCC(n2ccc(N)nc2=O)O1. The Morgan fingerprint density at radius 2 is 2.09 bits per heavy atom. The molecule has 1 aliphatic heterocycles. The van der Waals surface area contributed by atoms with Gasteiger partial charge in [0.1, 0.15) is 12.0 Å². The summed E-state index contributed by atoms with van der Waals surface area (Å²) in [7, 11) is -1.33. The Kier molecular flexibility index (Phi) is 6.72. The van der Waals surface area contributed by atoms with Crippen LogP contribution in [0.4, 0.5) is 5.82 Å². The molecule has 2 heterocycles. The number of nitrogens with two attached hydrogens (primary N) is 1. The molecule has 0 amide bonds. The molecule has 1 fully saturated rings. The maximum absolute atomic E-state index is 11.8. The molecule has 1 aliphatic rings. The van der Waals surface area contributed by atoms with Crippen molar-refractivity contribution in [3.8, 4) is 0 Å². The molecular weight excluding hydrogens is 309 g/mol. The maximum Gasteiger partial charge on any atom is 0.351 e. The van der Waals surface area contributed by atoms with Crippen LogP contribution < -0.4 is 11.4 Å². The molecular formula is C13H22N3O5P. The van der Waals surface area contributed by atoms with Crippen molar-refractivity contribution in [2.24, 2.45) is 0 Å². The molecule has 0 spiro atoms. The van der Waals surface area contributed by atoms with Gasteiger partial charge in [-0.3, -0.25) is 4.57 Å². The second-order valence-corrected chi connectivity index (χ2v) is 5.91. The number of rotatable bonds is 8. The van der Waals surface area contributed by atoms with Gasteiger partial charge < -0.3 is 24.0 Å². The van der Waals surface area contributed by atoms with Crippen molar-refractivity contribution >= 4 is 14.4 Å². The predicted molar refractivity (Wildman–Crippen MR) is 82.2 cm³/mol. The van der Waals surface area contributed by atoms with Gasteiger partial charge in [-0.25, -0.2) is 4.79 Å². The number of ether oxygens (including phenoxy) is 1.